The number of likely N-dealkylation sites (tertiary alicyclic amines) is 1. The quantitative estimate of drug-likeness (QED) is 0.940. The lowest BCUT2D eigenvalue weighted by Crippen LogP contribution is -2.41. The Balaban J connectivity index is 1.65. The predicted molar refractivity (Wildman–Crippen MR) is 89.4 cm³/mol. The Morgan fingerprint density at radius 1 is 1.14 bits per heavy atom. The highest BCUT2D eigenvalue weighted by Gasteiger charge is 2.27. The van der Waals surface area contributed by atoms with Crippen LogP contribution in [0, 0.1) is 0 Å². The molecule has 3 rings (SSSR count). The molecule has 0 spiro atoms. The number of hydrogen-bond donors (Lipinski definition) is 1. The molecule has 1 aliphatic heterocycles. The second kappa shape index (κ2) is 6.75. The van der Waals surface area contributed by atoms with Crippen molar-refractivity contribution < 1.29 is 4.79 Å². The van der Waals surface area contributed by atoms with Crippen molar-refractivity contribution in [3.05, 3.63) is 60.2 Å². The van der Waals surface area contributed by atoms with Gasteiger partial charge in [0.15, 0.2) is 0 Å². The Morgan fingerprint density at radius 3 is 2.64 bits per heavy atom. The predicted octanol–water partition coefficient (Wildman–Crippen LogP) is 3.06. The van der Waals surface area contributed by atoms with Crippen LogP contribution in [0.3, 0.4) is 0 Å². The highest BCUT2D eigenvalue weighted by molar-refractivity contribution is 5.82. The molecule has 0 aliphatic carbocycles. The molecule has 0 bridgehead atoms. The monoisotopic (exact) mass is 294 g/mol. The fraction of sp³-hybridized carbons (Fsp3) is 0.316. The van der Waals surface area contributed by atoms with Crippen LogP contribution in [0.15, 0.2) is 54.6 Å². The van der Waals surface area contributed by atoms with E-state index in [2.05, 4.69) is 40.5 Å². The van der Waals surface area contributed by atoms with Gasteiger partial charge in [0, 0.05) is 6.54 Å². The number of carbonyl (C=O) groups is 1. The second-order valence-electron chi connectivity index (χ2n) is 5.92. The first kappa shape index (κ1) is 14.8. The summed E-state index contributed by atoms with van der Waals surface area (Å²) in [5.41, 5.74) is 3.52. The molecule has 1 heterocycles. The van der Waals surface area contributed by atoms with Gasteiger partial charge in [-0.05, 0) is 49.2 Å². The molecule has 1 aliphatic rings. The maximum absolute atomic E-state index is 12.2. The Morgan fingerprint density at radius 2 is 1.91 bits per heavy atom. The van der Waals surface area contributed by atoms with Gasteiger partial charge in [0.25, 0.3) is 0 Å². The Kier molecular flexibility index (Phi) is 4.54. The van der Waals surface area contributed by atoms with E-state index in [1.165, 1.54) is 11.1 Å². The van der Waals surface area contributed by atoms with E-state index in [1.54, 1.807) is 0 Å². The fourth-order valence-electron chi connectivity index (χ4n) is 3.04. The van der Waals surface area contributed by atoms with E-state index in [0.29, 0.717) is 6.54 Å². The van der Waals surface area contributed by atoms with Gasteiger partial charge < -0.3 is 5.32 Å². The summed E-state index contributed by atoms with van der Waals surface area (Å²) >= 11 is 0. The molecule has 22 heavy (non-hydrogen) atoms. The number of hydrogen-bond acceptors (Lipinski definition) is 2. The van der Waals surface area contributed by atoms with Gasteiger partial charge in [-0.2, -0.15) is 0 Å². The average Bonchev–Trinajstić information content (AvgIpc) is 3.00. The zero-order chi connectivity index (χ0) is 15.4. The summed E-state index contributed by atoms with van der Waals surface area (Å²) in [5.74, 6) is 0.144. The van der Waals surface area contributed by atoms with Crippen LogP contribution in [0.2, 0.25) is 0 Å². The normalized spacial score (nSPS) is 18.3. The minimum atomic E-state index is 0.0392. The smallest absolute Gasteiger partial charge is 0.237 e. The Labute approximate surface area is 132 Å². The molecular formula is C19H22N2O. The summed E-state index contributed by atoms with van der Waals surface area (Å²) in [5, 5.41) is 3.07. The van der Waals surface area contributed by atoms with Crippen molar-refractivity contribution in [2.24, 2.45) is 0 Å². The van der Waals surface area contributed by atoms with E-state index in [4.69, 9.17) is 0 Å². The first-order chi connectivity index (χ1) is 10.7. The number of carbonyl (C=O) groups excluding carboxylic acids is 1. The van der Waals surface area contributed by atoms with Crippen LogP contribution in [-0.4, -0.2) is 30.4 Å². The molecule has 1 saturated heterocycles. The molecule has 1 unspecified atom stereocenters. The van der Waals surface area contributed by atoms with Gasteiger partial charge in [-0.1, -0.05) is 48.5 Å². The number of rotatable bonds is 4. The largest absolute Gasteiger partial charge is 0.351 e. The topological polar surface area (TPSA) is 32.3 Å². The highest BCUT2D eigenvalue weighted by atomic mass is 16.2. The van der Waals surface area contributed by atoms with Crippen LogP contribution in [0.25, 0.3) is 11.1 Å². The Hall–Kier alpha value is -2.13. The number of nitrogens with one attached hydrogen (secondary N) is 1. The Bertz CT molecular complexity index is 639. The second-order valence-corrected chi connectivity index (χ2v) is 5.92. The molecule has 0 saturated carbocycles. The van der Waals surface area contributed by atoms with Crippen LogP contribution >= 0.6 is 0 Å². The van der Waals surface area contributed by atoms with Crippen molar-refractivity contribution in [3.8, 4) is 11.1 Å². The molecule has 3 nitrogen and oxygen atoms in total. The van der Waals surface area contributed by atoms with Crippen molar-refractivity contribution >= 4 is 5.91 Å². The van der Waals surface area contributed by atoms with Gasteiger partial charge in [-0.25, -0.2) is 0 Å². The van der Waals surface area contributed by atoms with Crippen LogP contribution in [-0.2, 0) is 11.3 Å². The van der Waals surface area contributed by atoms with Crippen LogP contribution in [0.1, 0.15) is 18.4 Å². The summed E-state index contributed by atoms with van der Waals surface area (Å²) in [6.07, 6.45) is 2.07. The molecule has 114 valence electrons. The van der Waals surface area contributed by atoms with Crippen molar-refractivity contribution in [1.29, 1.82) is 0 Å². The molecule has 0 aromatic heterocycles. The van der Waals surface area contributed by atoms with Crippen LogP contribution in [0.5, 0.6) is 0 Å². The third-order valence-electron chi connectivity index (χ3n) is 4.32. The van der Waals surface area contributed by atoms with Gasteiger partial charge in [0.2, 0.25) is 5.91 Å². The maximum Gasteiger partial charge on any atom is 0.237 e. The molecule has 1 atom stereocenters. The summed E-state index contributed by atoms with van der Waals surface area (Å²) in [7, 11) is 2.02. The zero-order valence-corrected chi connectivity index (χ0v) is 13.0. The van der Waals surface area contributed by atoms with Crippen molar-refractivity contribution in [2.45, 2.75) is 25.4 Å². The van der Waals surface area contributed by atoms with E-state index in [9.17, 15) is 4.79 Å². The number of likely N-dealkylation sites (N-methyl/N-ethyl adjacent to an activating group) is 1. The SMILES string of the molecule is CN1CCCC1C(=O)NCc1cccc(-c2ccccc2)c1. The molecule has 1 amide bonds. The maximum atomic E-state index is 12.2. The van der Waals surface area contributed by atoms with E-state index >= 15 is 0 Å². The van der Waals surface area contributed by atoms with E-state index in [1.807, 2.05) is 31.3 Å². The minimum Gasteiger partial charge on any atom is -0.351 e. The molecular weight excluding hydrogens is 272 g/mol. The fourth-order valence-corrected chi connectivity index (χ4v) is 3.04. The molecule has 3 heteroatoms. The lowest BCUT2D eigenvalue weighted by Gasteiger charge is -2.18. The first-order valence-corrected chi connectivity index (χ1v) is 7.86. The minimum absolute atomic E-state index is 0.0392. The molecule has 1 fully saturated rings. The van der Waals surface area contributed by atoms with Crippen molar-refractivity contribution in [3.63, 3.8) is 0 Å². The first-order valence-electron chi connectivity index (χ1n) is 7.86. The van der Waals surface area contributed by atoms with Crippen molar-refractivity contribution in [1.82, 2.24) is 10.2 Å². The van der Waals surface area contributed by atoms with E-state index in [0.717, 1.165) is 24.9 Å². The lowest BCUT2D eigenvalue weighted by atomic mass is 10.0. The molecule has 1 N–H and O–H groups in total. The van der Waals surface area contributed by atoms with Crippen LogP contribution in [0.4, 0.5) is 0 Å². The van der Waals surface area contributed by atoms with Gasteiger partial charge in [-0.15, -0.1) is 0 Å². The summed E-state index contributed by atoms with van der Waals surface area (Å²) in [6, 6.07) is 18.7. The zero-order valence-electron chi connectivity index (χ0n) is 13.0. The van der Waals surface area contributed by atoms with Gasteiger partial charge in [0.05, 0.1) is 6.04 Å². The molecule has 0 radical (unpaired) electrons. The van der Waals surface area contributed by atoms with Crippen LogP contribution < -0.4 is 5.32 Å². The van der Waals surface area contributed by atoms with Gasteiger partial charge in [0.1, 0.15) is 0 Å². The standard InChI is InChI=1S/C19H22N2O/c1-21-12-6-11-18(21)19(22)20-14-15-7-5-10-17(13-15)16-8-3-2-4-9-16/h2-5,7-10,13,18H,6,11-12,14H2,1H3,(H,20,22). The van der Waals surface area contributed by atoms with E-state index in [-0.39, 0.29) is 11.9 Å². The van der Waals surface area contributed by atoms with Gasteiger partial charge >= 0.3 is 0 Å². The highest BCUT2D eigenvalue weighted by Crippen LogP contribution is 2.20. The molecule has 2 aromatic rings. The number of amides is 1. The lowest BCUT2D eigenvalue weighted by molar-refractivity contribution is -0.125. The third kappa shape index (κ3) is 3.37. The number of benzene rings is 2. The van der Waals surface area contributed by atoms with Crippen molar-refractivity contribution in [2.75, 3.05) is 13.6 Å². The average molecular weight is 294 g/mol. The van der Waals surface area contributed by atoms with Gasteiger partial charge in [-0.3, -0.25) is 9.69 Å². The third-order valence-corrected chi connectivity index (χ3v) is 4.32. The molecule has 2 aromatic carbocycles. The summed E-state index contributed by atoms with van der Waals surface area (Å²) < 4.78 is 0. The summed E-state index contributed by atoms with van der Waals surface area (Å²) in [6.45, 7) is 1.60. The van der Waals surface area contributed by atoms with E-state index < -0.39 is 0 Å². The number of nitrogens with zero attached hydrogens (tertiary/aromatic N) is 1. The summed E-state index contributed by atoms with van der Waals surface area (Å²) in [4.78, 5) is 14.4.